The Labute approximate surface area is 86.0 Å². The van der Waals surface area contributed by atoms with Crippen LogP contribution in [0, 0.1) is 0 Å². The maximum atomic E-state index is 5.66. The molecule has 3 heteroatoms. The predicted octanol–water partition coefficient (Wildman–Crippen LogP) is 1.60. The summed E-state index contributed by atoms with van der Waals surface area (Å²) < 4.78 is 0. The molecule has 0 saturated carbocycles. The molecule has 0 aliphatic carbocycles. The van der Waals surface area contributed by atoms with Crippen molar-refractivity contribution in [2.24, 2.45) is 5.73 Å². The first kappa shape index (κ1) is 11.3. The molecule has 2 unspecified atom stereocenters. The fourth-order valence-corrected chi connectivity index (χ4v) is 2.61. The highest BCUT2D eigenvalue weighted by Gasteiger charge is 2.12. The van der Waals surface area contributed by atoms with Gasteiger partial charge in [0.2, 0.25) is 0 Å². The zero-order chi connectivity index (χ0) is 9.52. The van der Waals surface area contributed by atoms with E-state index < -0.39 is 0 Å². The van der Waals surface area contributed by atoms with Gasteiger partial charge >= 0.3 is 0 Å². The molecule has 2 nitrogen and oxygen atoms in total. The minimum Gasteiger partial charge on any atom is -0.327 e. The summed E-state index contributed by atoms with van der Waals surface area (Å²) in [5.74, 6) is 2.39. The van der Waals surface area contributed by atoms with Crippen molar-refractivity contribution in [1.82, 2.24) is 5.32 Å². The second-order valence-electron chi connectivity index (χ2n) is 3.99. The maximum Gasteiger partial charge on any atom is 0.0101 e. The Kier molecular flexibility index (Phi) is 5.83. The summed E-state index contributed by atoms with van der Waals surface area (Å²) in [6.07, 6.45) is 5.45. The zero-order valence-electron chi connectivity index (χ0n) is 8.59. The van der Waals surface area contributed by atoms with Crippen molar-refractivity contribution in [3.8, 4) is 0 Å². The molecule has 1 aliphatic heterocycles. The lowest BCUT2D eigenvalue weighted by Gasteiger charge is -2.09. The molecular formula is C10H22N2S. The van der Waals surface area contributed by atoms with Crippen LogP contribution in [-0.4, -0.2) is 30.1 Å². The zero-order valence-corrected chi connectivity index (χ0v) is 9.41. The molecule has 1 saturated heterocycles. The topological polar surface area (TPSA) is 38.0 Å². The smallest absolute Gasteiger partial charge is 0.0101 e. The van der Waals surface area contributed by atoms with E-state index in [1.165, 1.54) is 38.0 Å². The van der Waals surface area contributed by atoms with E-state index in [2.05, 4.69) is 12.2 Å². The summed E-state index contributed by atoms with van der Waals surface area (Å²) in [6, 6.07) is 1.17. The summed E-state index contributed by atoms with van der Waals surface area (Å²) in [7, 11) is 0. The van der Waals surface area contributed by atoms with Crippen LogP contribution in [0.25, 0.3) is 0 Å². The van der Waals surface area contributed by atoms with Crippen molar-refractivity contribution in [2.75, 3.05) is 18.1 Å². The maximum absolute atomic E-state index is 5.66. The molecule has 0 aromatic heterocycles. The molecule has 1 aliphatic rings. The lowest BCUT2D eigenvalue weighted by Crippen LogP contribution is -2.21. The highest BCUT2D eigenvalue weighted by atomic mass is 32.2. The summed E-state index contributed by atoms with van der Waals surface area (Å²) in [5.41, 5.74) is 5.66. The summed E-state index contributed by atoms with van der Waals surface area (Å²) >= 11 is 1.99. The van der Waals surface area contributed by atoms with Crippen LogP contribution in [0.2, 0.25) is 0 Å². The first-order valence-corrected chi connectivity index (χ1v) is 6.51. The van der Waals surface area contributed by atoms with Gasteiger partial charge in [-0.25, -0.2) is 0 Å². The van der Waals surface area contributed by atoms with Gasteiger partial charge < -0.3 is 11.1 Å². The van der Waals surface area contributed by atoms with Crippen molar-refractivity contribution >= 4 is 11.8 Å². The second-order valence-corrected chi connectivity index (χ2v) is 5.14. The monoisotopic (exact) mass is 202 g/mol. The number of nitrogens with one attached hydrogen (secondary N) is 1. The average molecular weight is 202 g/mol. The van der Waals surface area contributed by atoms with Gasteiger partial charge in [-0.3, -0.25) is 0 Å². The molecule has 3 N–H and O–H groups in total. The Bertz CT molecular complexity index is 122. The van der Waals surface area contributed by atoms with Gasteiger partial charge in [0.05, 0.1) is 0 Å². The van der Waals surface area contributed by atoms with E-state index in [0.717, 1.165) is 11.8 Å². The van der Waals surface area contributed by atoms with Crippen molar-refractivity contribution in [3.63, 3.8) is 0 Å². The quantitative estimate of drug-likeness (QED) is 0.643. The van der Waals surface area contributed by atoms with Crippen molar-refractivity contribution in [2.45, 2.75) is 44.7 Å². The molecule has 1 heterocycles. The Hall–Kier alpha value is 0.270. The highest BCUT2D eigenvalue weighted by Crippen LogP contribution is 2.13. The van der Waals surface area contributed by atoms with Crippen molar-refractivity contribution in [1.29, 1.82) is 0 Å². The third-order valence-corrected chi connectivity index (χ3v) is 3.72. The third kappa shape index (κ3) is 5.55. The van der Waals surface area contributed by atoms with Gasteiger partial charge in [-0.1, -0.05) is 0 Å². The number of nitrogens with two attached hydrogens (primary N) is 1. The fraction of sp³-hybridized carbons (Fsp3) is 1.00. The lowest BCUT2D eigenvalue weighted by atomic mass is 10.1. The Morgan fingerprint density at radius 2 is 2.46 bits per heavy atom. The van der Waals surface area contributed by atoms with E-state index in [0.29, 0.717) is 6.04 Å². The van der Waals surface area contributed by atoms with Crippen LogP contribution in [0.15, 0.2) is 0 Å². The lowest BCUT2D eigenvalue weighted by molar-refractivity contribution is 0.553. The van der Waals surface area contributed by atoms with Gasteiger partial charge in [0, 0.05) is 17.8 Å². The van der Waals surface area contributed by atoms with Crippen LogP contribution >= 0.6 is 11.8 Å². The molecule has 0 spiro atoms. The van der Waals surface area contributed by atoms with Crippen LogP contribution in [0.1, 0.15) is 32.6 Å². The number of rotatable bonds is 6. The average Bonchev–Trinajstić information content (AvgIpc) is 2.55. The van der Waals surface area contributed by atoms with Crippen LogP contribution in [-0.2, 0) is 0 Å². The van der Waals surface area contributed by atoms with Gasteiger partial charge in [-0.05, 0) is 44.9 Å². The number of hydrogen-bond acceptors (Lipinski definition) is 3. The van der Waals surface area contributed by atoms with Gasteiger partial charge in [0.25, 0.3) is 0 Å². The van der Waals surface area contributed by atoms with E-state index in [1.807, 2.05) is 11.8 Å². The molecular weight excluding hydrogens is 180 g/mol. The predicted molar refractivity (Wildman–Crippen MR) is 61.2 cm³/mol. The molecule has 0 aromatic carbocycles. The molecule has 0 amide bonds. The number of thioether (sulfide) groups is 1. The summed E-state index contributed by atoms with van der Waals surface area (Å²) in [6.45, 7) is 3.31. The second kappa shape index (κ2) is 6.68. The molecule has 2 atom stereocenters. The Morgan fingerprint density at radius 3 is 3.08 bits per heavy atom. The van der Waals surface area contributed by atoms with E-state index >= 15 is 0 Å². The molecule has 0 bridgehead atoms. The fourth-order valence-electron chi connectivity index (χ4n) is 1.70. The third-order valence-electron chi connectivity index (χ3n) is 2.38. The summed E-state index contributed by atoms with van der Waals surface area (Å²) in [4.78, 5) is 0. The molecule has 0 aromatic rings. The normalized spacial score (nSPS) is 24.9. The Morgan fingerprint density at radius 1 is 1.62 bits per heavy atom. The minimum atomic E-state index is 0.356. The molecule has 78 valence electrons. The SMILES string of the molecule is CC(N)CSCCCC1CCCN1. The van der Waals surface area contributed by atoms with E-state index in [4.69, 9.17) is 5.73 Å². The van der Waals surface area contributed by atoms with Crippen molar-refractivity contribution < 1.29 is 0 Å². The largest absolute Gasteiger partial charge is 0.327 e. The standard InChI is InChI=1S/C10H22N2S/c1-9(11)8-13-7-3-5-10-4-2-6-12-10/h9-10,12H,2-8,11H2,1H3. The molecule has 1 rings (SSSR count). The van der Waals surface area contributed by atoms with Gasteiger partial charge in [0.1, 0.15) is 0 Å². The van der Waals surface area contributed by atoms with Gasteiger partial charge in [-0.2, -0.15) is 11.8 Å². The first-order valence-electron chi connectivity index (χ1n) is 5.36. The van der Waals surface area contributed by atoms with E-state index in [9.17, 15) is 0 Å². The first-order chi connectivity index (χ1) is 6.29. The molecule has 13 heavy (non-hydrogen) atoms. The molecule has 1 fully saturated rings. The van der Waals surface area contributed by atoms with Crippen LogP contribution in [0.4, 0.5) is 0 Å². The van der Waals surface area contributed by atoms with Gasteiger partial charge in [0.15, 0.2) is 0 Å². The van der Waals surface area contributed by atoms with Crippen LogP contribution in [0.3, 0.4) is 0 Å². The Balaban J connectivity index is 1.83. The minimum absolute atomic E-state index is 0.356. The van der Waals surface area contributed by atoms with Crippen molar-refractivity contribution in [3.05, 3.63) is 0 Å². The highest BCUT2D eigenvalue weighted by molar-refractivity contribution is 7.99. The van der Waals surface area contributed by atoms with Gasteiger partial charge in [-0.15, -0.1) is 0 Å². The number of hydrogen-bond donors (Lipinski definition) is 2. The van der Waals surface area contributed by atoms with E-state index in [-0.39, 0.29) is 0 Å². The molecule has 0 radical (unpaired) electrons. The van der Waals surface area contributed by atoms with E-state index in [1.54, 1.807) is 0 Å². The summed E-state index contributed by atoms with van der Waals surface area (Å²) in [5, 5.41) is 3.52. The van der Waals surface area contributed by atoms with Crippen LogP contribution in [0.5, 0.6) is 0 Å². The van der Waals surface area contributed by atoms with Crippen LogP contribution < -0.4 is 11.1 Å².